The minimum Gasteiger partial charge on any atom is -0.444 e. The Kier molecular flexibility index (Phi) is 3.67. The fourth-order valence-corrected chi connectivity index (χ4v) is 1.91. The van der Waals surface area contributed by atoms with E-state index in [1.807, 2.05) is 0 Å². The first-order valence-electron chi connectivity index (χ1n) is 6.36. The molecule has 1 aromatic rings. The number of rotatable bonds is 3. The largest absolute Gasteiger partial charge is 0.444 e. The molecule has 110 valence electrons. The summed E-state index contributed by atoms with van der Waals surface area (Å²) in [6.45, 7) is 6.38. The third kappa shape index (κ3) is 3.08. The van der Waals surface area contributed by atoms with E-state index in [1.165, 1.54) is 11.2 Å². The van der Waals surface area contributed by atoms with Gasteiger partial charge in [-0.1, -0.05) is 0 Å². The van der Waals surface area contributed by atoms with Crippen LogP contribution in [0.3, 0.4) is 0 Å². The smallest absolute Gasteiger partial charge is 0.408 e. The zero-order chi connectivity index (χ0) is 14.9. The number of carbonyl (C=O) groups is 2. The second-order valence-corrected chi connectivity index (χ2v) is 5.58. The van der Waals surface area contributed by atoms with Crippen LogP contribution in [0.4, 0.5) is 10.6 Å². The van der Waals surface area contributed by atoms with E-state index in [9.17, 15) is 9.59 Å². The molecular formula is C12H19N5O3. The number of carbonyl (C=O) groups excluding carboxylic acids is 2. The standard InChI is InChI=1S/C12H19N5O3/c1-12(2,3)20-11(19)14-7-9(18)8-6-15-17-5-4-16(13)10(8)17/h6H,4-5,7,13H2,1-3H3,(H,14,19). The van der Waals surface area contributed by atoms with Gasteiger partial charge in [0.1, 0.15) is 5.60 Å². The van der Waals surface area contributed by atoms with Gasteiger partial charge in [-0.15, -0.1) is 0 Å². The first kappa shape index (κ1) is 14.3. The molecule has 0 aliphatic carbocycles. The minimum absolute atomic E-state index is 0.151. The molecule has 1 amide bonds. The van der Waals surface area contributed by atoms with Crippen molar-refractivity contribution in [2.45, 2.75) is 32.9 Å². The van der Waals surface area contributed by atoms with Crippen LogP contribution in [0.1, 0.15) is 31.1 Å². The number of anilines is 1. The Labute approximate surface area is 116 Å². The Morgan fingerprint density at radius 1 is 1.45 bits per heavy atom. The lowest BCUT2D eigenvalue weighted by Crippen LogP contribution is -2.36. The quantitative estimate of drug-likeness (QED) is 0.609. The first-order valence-corrected chi connectivity index (χ1v) is 6.36. The lowest BCUT2D eigenvalue weighted by molar-refractivity contribution is 0.0520. The molecule has 0 saturated heterocycles. The van der Waals surface area contributed by atoms with Gasteiger partial charge in [-0.25, -0.2) is 15.3 Å². The number of ether oxygens (including phenoxy) is 1. The van der Waals surface area contributed by atoms with Crippen LogP contribution in [0.2, 0.25) is 0 Å². The normalized spacial score (nSPS) is 14.1. The van der Waals surface area contributed by atoms with Crippen LogP contribution in [-0.4, -0.2) is 40.3 Å². The monoisotopic (exact) mass is 281 g/mol. The Morgan fingerprint density at radius 3 is 2.80 bits per heavy atom. The van der Waals surface area contributed by atoms with E-state index in [0.717, 1.165) is 0 Å². The summed E-state index contributed by atoms with van der Waals surface area (Å²) in [5, 5.41) is 7.99. The molecule has 1 aliphatic rings. The number of nitrogens with one attached hydrogen (secondary N) is 1. The zero-order valence-electron chi connectivity index (χ0n) is 11.8. The number of nitrogens with zero attached hydrogens (tertiary/aromatic N) is 3. The lowest BCUT2D eigenvalue weighted by Gasteiger charge is -2.19. The van der Waals surface area contributed by atoms with E-state index >= 15 is 0 Å². The van der Waals surface area contributed by atoms with Crippen LogP contribution < -0.4 is 16.2 Å². The maximum atomic E-state index is 12.1. The summed E-state index contributed by atoms with van der Waals surface area (Å²) in [6, 6.07) is 0. The van der Waals surface area contributed by atoms with Crippen LogP contribution in [0, 0.1) is 0 Å². The van der Waals surface area contributed by atoms with Gasteiger partial charge in [-0.05, 0) is 20.8 Å². The SMILES string of the molecule is CC(C)(C)OC(=O)NCC(=O)c1cnn2c1N(N)CC2. The van der Waals surface area contributed by atoms with Crippen molar-refractivity contribution >= 4 is 17.7 Å². The number of hydrogen-bond acceptors (Lipinski definition) is 6. The second kappa shape index (κ2) is 5.12. The van der Waals surface area contributed by atoms with Gasteiger partial charge in [0.05, 0.1) is 31.4 Å². The highest BCUT2D eigenvalue weighted by Gasteiger charge is 2.26. The van der Waals surface area contributed by atoms with Gasteiger partial charge < -0.3 is 10.1 Å². The number of fused-ring (bicyclic) bond motifs is 1. The molecule has 0 radical (unpaired) electrons. The molecule has 0 saturated carbocycles. The van der Waals surface area contributed by atoms with Crippen molar-refractivity contribution in [3.05, 3.63) is 11.8 Å². The zero-order valence-corrected chi connectivity index (χ0v) is 11.8. The van der Waals surface area contributed by atoms with Gasteiger partial charge in [0, 0.05) is 0 Å². The molecule has 0 unspecified atom stereocenters. The summed E-state index contributed by atoms with van der Waals surface area (Å²) < 4.78 is 6.73. The van der Waals surface area contributed by atoms with E-state index in [4.69, 9.17) is 10.6 Å². The number of hydrogen-bond donors (Lipinski definition) is 2. The highest BCUT2D eigenvalue weighted by molar-refractivity contribution is 6.03. The fourth-order valence-electron chi connectivity index (χ4n) is 1.91. The van der Waals surface area contributed by atoms with Gasteiger partial charge in [0.15, 0.2) is 11.6 Å². The van der Waals surface area contributed by atoms with Crippen molar-refractivity contribution < 1.29 is 14.3 Å². The summed E-state index contributed by atoms with van der Waals surface area (Å²) in [7, 11) is 0. The number of Topliss-reactive ketones (excluding diaryl/α,β-unsaturated/α-hetero) is 1. The van der Waals surface area contributed by atoms with Gasteiger partial charge >= 0.3 is 6.09 Å². The predicted octanol–water partition coefficient (Wildman–Crippen LogP) is 0.284. The number of hydrazine groups is 1. The molecule has 2 rings (SSSR count). The van der Waals surface area contributed by atoms with Crippen molar-refractivity contribution in [2.75, 3.05) is 18.1 Å². The lowest BCUT2D eigenvalue weighted by atomic mass is 10.2. The molecule has 8 nitrogen and oxygen atoms in total. The summed E-state index contributed by atoms with van der Waals surface area (Å²) >= 11 is 0. The van der Waals surface area contributed by atoms with Crippen LogP contribution >= 0.6 is 0 Å². The highest BCUT2D eigenvalue weighted by Crippen LogP contribution is 2.23. The summed E-state index contributed by atoms with van der Waals surface area (Å²) in [4.78, 5) is 23.6. The Balaban J connectivity index is 1.95. The van der Waals surface area contributed by atoms with Crippen LogP contribution in [0.15, 0.2) is 6.20 Å². The van der Waals surface area contributed by atoms with Crippen molar-refractivity contribution in [2.24, 2.45) is 5.84 Å². The van der Waals surface area contributed by atoms with Gasteiger partial charge in [0.2, 0.25) is 0 Å². The molecule has 0 bridgehead atoms. The number of amides is 1. The molecule has 1 aromatic heterocycles. The van der Waals surface area contributed by atoms with E-state index in [-0.39, 0.29) is 12.3 Å². The molecular weight excluding hydrogens is 262 g/mol. The minimum atomic E-state index is -0.626. The maximum Gasteiger partial charge on any atom is 0.408 e. The fraction of sp³-hybridized carbons (Fsp3) is 0.583. The third-order valence-electron chi connectivity index (χ3n) is 2.73. The molecule has 0 aromatic carbocycles. The third-order valence-corrected chi connectivity index (χ3v) is 2.73. The van der Waals surface area contributed by atoms with Crippen LogP contribution in [-0.2, 0) is 11.3 Å². The average Bonchev–Trinajstić information content (AvgIpc) is 2.87. The molecule has 20 heavy (non-hydrogen) atoms. The molecule has 0 spiro atoms. The molecule has 0 atom stereocenters. The van der Waals surface area contributed by atoms with Crippen molar-refractivity contribution in [3.8, 4) is 0 Å². The van der Waals surface area contributed by atoms with Crippen LogP contribution in [0.5, 0.6) is 0 Å². The van der Waals surface area contributed by atoms with E-state index < -0.39 is 11.7 Å². The van der Waals surface area contributed by atoms with Crippen molar-refractivity contribution in [1.82, 2.24) is 15.1 Å². The van der Waals surface area contributed by atoms with E-state index in [0.29, 0.717) is 24.5 Å². The Hall–Kier alpha value is -2.09. The predicted molar refractivity (Wildman–Crippen MR) is 72.3 cm³/mol. The van der Waals surface area contributed by atoms with E-state index in [1.54, 1.807) is 25.5 Å². The van der Waals surface area contributed by atoms with Gasteiger partial charge in [0.25, 0.3) is 0 Å². The number of nitrogens with two attached hydrogens (primary N) is 1. The van der Waals surface area contributed by atoms with Gasteiger partial charge in [-0.3, -0.25) is 9.80 Å². The highest BCUT2D eigenvalue weighted by atomic mass is 16.6. The van der Waals surface area contributed by atoms with Gasteiger partial charge in [-0.2, -0.15) is 5.10 Å². The number of ketones is 1. The molecule has 1 aliphatic heterocycles. The first-order chi connectivity index (χ1) is 9.28. The number of alkyl carbamates (subject to hydrolysis) is 1. The molecule has 2 heterocycles. The Bertz CT molecular complexity index is 532. The molecule has 3 N–H and O–H groups in total. The van der Waals surface area contributed by atoms with E-state index in [2.05, 4.69) is 10.4 Å². The van der Waals surface area contributed by atoms with Crippen molar-refractivity contribution in [1.29, 1.82) is 0 Å². The van der Waals surface area contributed by atoms with Crippen LogP contribution in [0.25, 0.3) is 0 Å². The molecule has 0 fully saturated rings. The Morgan fingerprint density at radius 2 is 2.15 bits per heavy atom. The average molecular weight is 281 g/mol. The maximum absolute atomic E-state index is 12.1. The van der Waals surface area contributed by atoms with Crippen molar-refractivity contribution in [3.63, 3.8) is 0 Å². The summed E-state index contributed by atoms with van der Waals surface area (Å²) in [6.07, 6.45) is 0.840. The topological polar surface area (TPSA) is 102 Å². The summed E-state index contributed by atoms with van der Waals surface area (Å²) in [5.41, 5.74) is -0.193. The number of aromatic nitrogens is 2. The second-order valence-electron chi connectivity index (χ2n) is 5.58. The summed E-state index contributed by atoms with van der Waals surface area (Å²) in [5.74, 6) is 6.11. The molecule has 8 heteroatoms.